The minimum Gasteiger partial charge on any atom is -0.319 e. The van der Waals surface area contributed by atoms with Gasteiger partial charge in [-0.1, -0.05) is 78.9 Å². The molecule has 3 amide bonds. The topological polar surface area (TPSA) is 73.2 Å². The van der Waals surface area contributed by atoms with E-state index in [1.54, 1.807) is 24.3 Å². The fourth-order valence-electron chi connectivity index (χ4n) is 3.75. The molecule has 0 unspecified atom stereocenters. The molecule has 5 nitrogen and oxygen atoms in total. The summed E-state index contributed by atoms with van der Waals surface area (Å²) in [5.41, 5.74) is 1.60. The van der Waals surface area contributed by atoms with Gasteiger partial charge in [-0.25, -0.2) is 4.79 Å². The molecule has 0 radical (unpaired) electrons. The van der Waals surface area contributed by atoms with Gasteiger partial charge in [-0.2, -0.15) is 5.26 Å². The molecule has 5 heteroatoms. The Kier molecular flexibility index (Phi) is 4.84. The van der Waals surface area contributed by atoms with Crippen LogP contribution in [0.5, 0.6) is 0 Å². The number of hydrogen-bond donors (Lipinski definition) is 1. The van der Waals surface area contributed by atoms with Crippen molar-refractivity contribution in [3.05, 3.63) is 107 Å². The first kappa shape index (κ1) is 18.5. The summed E-state index contributed by atoms with van der Waals surface area (Å²) in [5.74, 6) is -0.315. The van der Waals surface area contributed by atoms with E-state index in [1.165, 1.54) is 4.90 Å². The van der Waals surface area contributed by atoms with E-state index in [-0.39, 0.29) is 12.5 Å². The second-order valence-corrected chi connectivity index (χ2v) is 7.02. The summed E-state index contributed by atoms with van der Waals surface area (Å²) < 4.78 is 0. The first-order valence-corrected chi connectivity index (χ1v) is 9.35. The number of hydrogen-bond acceptors (Lipinski definition) is 3. The smallest absolute Gasteiger partial charge is 0.319 e. The molecule has 0 aliphatic carbocycles. The molecule has 1 fully saturated rings. The van der Waals surface area contributed by atoms with Crippen molar-refractivity contribution in [3.8, 4) is 6.07 Å². The molecule has 1 aliphatic rings. The van der Waals surface area contributed by atoms with Crippen molar-refractivity contribution in [1.29, 1.82) is 5.26 Å². The van der Waals surface area contributed by atoms with Crippen molar-refractivity contribution in [2.24, 2.45) is 0 Å². The Bertz CT molecular complexity index is 1090. The van der Waals surface area contributed by atoms with Gasteiger partial charge in [-0.05, 0) is 22.8 Å². The van der Waals surface area contributed by atoms with Gasteiger partial charge in [0.1, 0.15) is 0 Å². The Balaban J connectivity index is 1.74. The van der Waals surface area contributed by atoms with Gasteiger partial charge in [0.2, 0.25) is 0 Å². The highest BCUT2D eigenvalue weighted by Gasteiger charge is 2.52. The van der Waals surface area contributed by atoms with Crippen LogP contribution < -0.4 is 5.32 Å². The normalized spacial score (nSPS) is 18.4. The van der Waals surface area contributed by atoms with Gasteiger partial charge in [0.15, 0.2) is 5.54 Å². The third kappa shape index (κ3) is 3.37. The maximum Gasteiger partial charge on any atom is 0.325 e. The first-order chi connectivity index (χ1) is 14.1. The SMILES string of the molecule is N#Cc1ccccc1CN1C(=O)N[C@](Cc2ccccc2)(c2ccccc2)C1=O. The van der Waals surface area contributed by atoms with Crippen LogP contribution in [0.3, 0.4) is 0 Å². The van der Waals surface area contributed by atoms with Crippen molar-refractivity contribution in [1.82, 2.24) is 10.2 Å². The molecule has 142 valence electrons. The molecule has 1 aliphatic heterocycles. The summed E-state index contributed by atoms with van der Waals surface area (Å²) in [6, 6.07) is 27.6. The molecule has 1 heterocycles. The minimum atomic E-state index is -1.18. The number of nitrogens with zero attached hydrogens (tertiary/aromatic N) is 2. The predicted octanol–water partition coefficient (Wildman–Crippen LogP) is 3.75. The summed E-state index contributed by atoms with van der Waals surface area (Å²) in [5, 5.41) is 12.3. The molecular formula is C24H19N3O2. The Morgan fingerprint density at radius 3 is 2.17 bits per heavy atom. The maximum absolute atomic E-state index is 13.6. The molecule has 3 aromatic carbocycles. The zero-order valence-electron chi connectivity index (χ0n) is 15.7. The van der Waals surface area contributed by atoms with Crippen LogP contribution in [0.15, 0.2) is 84.9 Å². The van der Waals surface area contributed by atoms with E-state index in [9.17, 15) is 14.9 Å². The van der Waals surface area contributed by atoms with Crippen molar-refractivity contribution < 1.29 is 9.59 Å². The largest absolute Gasteiger partial charge is 0.325 e. The second-order valence-electron chi connectivity index (χ2n) is 7.02. The summed E-state index contributed by atoms with van der Waals surface area (Å²) >= 11 is 0. The van der Waals surface area contributed by atoms with Crippen LogP contribution in [-0.4, -0.2) is 16.8 Å². The van der Waals surface area contributed by atoms with Crippen LogP contribution in [0, 0.1) is 11.3 Å². The average molecular weight is 381 g/mol. The highest BCUT2D eigenvalue weighted by Crippen LogP contribution is 2.34. The van der Waals surface area contributed by atoms with Gasteiger partial charge >= 0.3 is 6.03 Å². The van der Waals surface area contributed by atoms with Crippen molar-refractivity contribution in [3.63, 3.8) is 0 Å². The van der Waals surface area contributed by atoms with Crippen LogP contribution >= 0.6 is 0 Å². The van der Waals surface area contributed by atoms with E-state index < -0.39 is 11.6 Å². The van der Waals surface area contributed by atoms with Crippen molar-refractivity contribution >= 4 is 11.9 Å². The van der Waals surface area contributed by atoms with Crippen molar-refractivity contribution in [2.75, 3.05) is 0 Å². The fraction of sp³-hybridized carbons (Fsp3) is 0.125. The molecule has 0 bridgehead atoms. The molecule has 0 saturated carbocycles. The van der Waals surface area contributed by atoms with E-state index in [4.69, 9.17) is 0 Å². The van der Waals surface area contributed by atoms with Gasteiger partial charge in [-0.15, -0.1) is 0 Å². The van der Waals surface area contributed by atoms with E-state index in [0.29, 0.717) is 17.5 Å². The van der Waals surface area contributed by atoms with E-state index in [2.05, 4.69) is 11.4 Å². The van der Waals surface area contributed by atoms with E-state index in [1.807, 2.05) is 60.7 Å². The van der Waals surface area contributed by atoms with Crippen LogP contribution in [0.25, 0.3) is 0 Å². The lowest BCUT2D eigenvalue weighted by atomic mass is 9.83. The number of imide groups is 1. The molecule has 4 rings (SSSR count). The maximum atomic E-state index is 13.6. The Labute approximate surface area is 169 Å². The Morgan fingerprint density at radius 1 is 0.862 bits per heavy atom. The molecule has 29 heavy (non-hydrogen) atoms. The van der Waals surface area contributed by atoms with Crippen LogP contribution in [0.2, 0.25) is 0 Å². The van der Waals surface area contributed by atoms with Gasteiger partial charge in [0, 0.05) is 6.42 Å². The molecular weight excluding hydrogens is 362 g/mol. The predicted molar refractivity (Wildman–Crippen MR) is 109 cm³/mol. The fourth-order valence-corrected chi connectivity index (χ4v) is 3.75. The lowest BCUT2D eigenvalue weighted by Gasteiger charge is -2.27. The summed E-state index contributed by atoms with van der Waals surface area (Å²) in [4.78, 5) is 27.7. The van der Waals surface area contributed by atoms with Gasteiger partial charge in [0.05, 0.1) is 18.2 Å². The number of carbonyl (C=O) groups excluding carboxylic acids is 2. The molecule has 1 saturated heterocycles. The van der Waals surface area contributed by atoms with E-state index >= 15 is 0 Å². The Morgan fingerprint density at radius 2 is 1.48 bits per heavy atom. The summed E-state index contributed by atoms with van der Waals surface area (Å²) in [7, 11) is 0. The van der Waals surface area contributed by atoms with Gasteiger partial charge in [-0.3, -0.25) is 9.69 Å². The number of amides is 3. The second kappa shape index (κ2) is 7.61. The average Bonchev–Trinajstić information content (AvgIpc) is 3.00. The zero-order valence-corrected chi connectivity index (χ0v) is 15.7. The number of nitrogens with one attached hydrogen (secondary N) is 1. The number of carbonyl (C=O) groups is 2. The number of urea groups is 1. The quantitative estimate of drug-likeness (QED) is 0.684. The van der Waals surface area contributed by atoms with Crippen LogP contribution in [0.1, 0.15) is 22.3 Å². The minimum absolute atomic E-state index is 0.0533. The van der Waals surface area contributed by atoms with Crippen LogP contribution in [-0.2, 0) is 23.3 Å². The molecule has 3 aromatic rings. The number of benzene rings is 3. The third-order valence-corrected chi connectivity index (χ3v) is 5.22. The number of rotatable bonds is 5. The molecule has 0 spiro atoms. The van der Waals surface area contributed by atoms with Gasteiger partial charge in [0.25, 0.3) is 5.91 Å². The summed E-state index contributed by atoms with van der Waals surface area (Å²) in [6.07, 6.45) is 0.346. The number of nitriles is 1. The van der Waals surface area contributed by atoms with Crippen molar-refractivity contribution in [2.45, 2.75) is 18.5 Å². The highest BCUT2D eigenvalue weighted by atomic mass is 16.2. The third-order valence-electron chi connectivity index (χ3n) is 5.22. The first-order valence-electron chi connectivity index (χ1n) is 9.35. The Hall–Kier alpha value is -3.91. The summed E-state index contributed by atoms with van der Waals surface area (Å²) in [6.45, 7) is 0.0533. The molecule has 0 aromatic heterocycles. The lowest BCUT2D eigenvalue weighted by Crippen LogP contribution is -2.46. The lowest BCUT2D eigenvalue weighted by molar-refractivity contribution is -0.132. The van der Waals surface area contributed by atoms with Gasteiger partial charge < -0.3 is 5.32 Å². The van der Waals surface area contributed by atoms with Crippen LogP contribution in [0.4, 0.5) is 4.79 Å². The molecule has 1 atom stereocenters. The highest BCUT2D eigenvalue weighted by molar-refractivity contribution is 6.07. The van der Waals surface area contributed by atoms with E-state index in [0.717, 1.165) is 11.1 Å². The zero-order chi connectivity index (χ0) is 20.3. The standard InChI is InChI=1S/C24H19N3O2/c25-16-19-11-7-8-12-20(19)17-27-22(28)24(26-23(27)29,21-13-5-2-6-14-21)15-18-9-3-1-4-10-18/h1-14H,15,17H2,(H,26,29)/t24-/m1/s1. The molecule has 1 N–H and O–H groups in total. The monoisotopic (exact) mass is 381 g/mol.